The number of nitrogens with two attached hydrogens (primary N) is 1. The van der Waals surface area contributed by atoms with Crippen LogP contribution in [0.15, 0.2) is 18.2 Å². The number of carbonyl (C=O) groups excluding carboxylic acids is 1. The molecule has 1 atom stereocenters. The number of nitro groups is 1. The Labute approximate surface area is 146 Å². The van der Waals surface area contributed by atoms with Crippen molar-refractivity contribution in [3.8, 4) is 5.75 Å². The van der Waals surface area contributed by atoms with E-state index in [1.807, 2.05) is 0 Å². The third-order valence-electron chi connectivity index (χ3n) is 3.35. The smallest absolute Gasteiger partial charge is 0.311 e. The maximum Gasteiger partial charge on any atom is 0.311 e. The van der Waals surface area contributed by atoms with Crippen molar-refractivity contribution in [1.29, 1.82) is 0 Å². The number of thioether (sulfide) groups is 1. The molecule has 0 aliphatic rings. The van der Waals surface area contributed by atoms with Crippen molar-refractivity contribution in [1.82, 2.24) is 5.32 Å². The summed E-state index contributed by atoms with van der Waals surface area (Å²) in [5.74, 6) is 1.42. The number of ether oxygens (including phenoxy) is 1. The molecule has 134 valence electrons. The second-order valence-electron chi connectivity index (χ2n) is 5.89. The molecular weight excluding hydrogens is 330 g/mol. The third-order valence-corrected chi connectivity index (χ3v) is 4.35. The summed E-state index contributed by atoms with van der Waals surface area (Å²) in [4.78, 5) is 22.5. The number of nitrogens with one attached hydrogen (secondary N) is 1. The first-order chi connectivity index (χ1) is 11.4. The molecule has 24 heavy (non-hydrogen) atoms. The van der Waals surface area contributed by atoms with Crippen LogP contribution in [0.5, 0.6) is 5.75 Å². The normalized spacial score (nSPS) is 12.0. The van der Waals surface area contributed by atoms with Crippen LogP contribution in [0, 0.1) is 16.0 Å². The highest BCUT2D eigenvalue weighted by atomic mass is 32.2. The Bertz CT molecular complexity index is 566. The van der Waals surface area contributed by atoms with E-state index in [0.29, 0.717) is 18.2 Å². The largest absolute Gasteiger partial charge is 0.490 e. The van der Waals surface area contributed by atoms with Crippen LogP contribution < -0.4 is 15.8 Å². The molecule has 0 aromatic heterocycles. The van der Waals surface area contributed by atoms with E-state index in [4.69, 9.17) is 10.5 Å². The number of rotatable bonds is 10. The standard InChI is InChI=1S/C16H25N3O4S/c1-11(2)6-13(8-17)18-16(20)10-24-9-12-4-5-15(23-3)14(7-12)19(21)22/h4-5,7,11,13H,6,8-10,17H2,1-3H3,(H,18,20). The van der Waals surface area contributed by atoms with Crippen molar-refractivity contribution in [2.45, 2.75) is 32.1 Å². The summed E-state index contributed by atoms with van der Waals surface area (Å²) in [7, 11) is 1.39. The van der Waals surface area contributed by atoms with E-state index >= 15 is 0 Å². The lowest BCUT2D eigenvalue weighted by Crippen LogP contribution is -2.41. The van der Waals surface area contributed by atoms with Gasteiger partial charge in [-0.2, -0.15) is 0 Å². The lowest BCUT2D eigenvalue weighted by atomic mass is 10.0. The minimum atomic E-state index is -0.475. The highest BCUT2D eigenvalue weighted by molar-refractivity contribution is 7.99. The second kappa shape index (κ2) is 10.1. The highest BCUT2D eigenvalue weighted by Crippen LogP contribution is 2.28. The third kappa shape index (κ3) is 6.76. The number of carbonyl (C=O) groups is 1. The van der Waals surface area contributed by atoms with Gasteiger partial charge >= 0.3 is 5.69 Å². The Morgan fingerprint density at radius 1 is 1.46 bits per heavy atom. The van der Waals surface area contributed by atoms with E-state index < -0.39 is 4.92 Å². The van der Waals surface area contributed by atoms with Gasteiger partial charge in [0.05, 0.1) is 17.8 Å². The van der Waals surface area contributed by atoms with E-state index in [1.165, 1.54) is 24.9 Å². The van der Waals surface area contributed by atoms with Crippen LogP contribution >= 0.6 is 11.8 Å². The van der Waals surface area contributed by atoms with Crippen molar-refractivity contribution in [2.24, 2.45) is 11.7 Å². The zero-order chi connectivity index (χ0) is 18.1. The van der Waals surface area contributed by atoms with Crippen LogP contribution in [0.4, 0.5) is 5.69 Å². The molecule has 0 spiro atoms. The van der Waals surface area contributed by atoms with Crippen molar-refractivity contribution >= 4 is 23.4 Å². The first kappa shape index (κ1) is 20.2. The molecule has 7 nitrogen and oxygen atoms in total. The van der Waals surface area contributed by atoms with Gasteiger partial charge in [0.1, 0.15) is 0 Å². The minimum absolute atomic E-state index is 0.0137. The summed E-state index contributed by atoms with van der Waals surface area (Å²) >= 11 is 1.40. The van der Waals surface area contributed by atoms with Gasteiger partial charge in [-0.15, -0.1) is 11.8 Å². The summed E-state index contributed by atoms with van der Waals surface area (Å²) in [6, 6.07) is 4.80. The molecule has 0 aliphatic heterocycles. The average Bonchev–Trinajstić information content (AvgIpc) is 2.53. The van der Waals surface area contributed by atoms with Gasteiger partial charge in [-0.1, -0.05) is 19.9 Å². The number of methoxy groups -OCH3 is 1. The quantitative estimate of drug-likeness (QED) is 0.493. The molecule has 8 heteroatoms. The van der Waals surface area contributed by atoms with Crippen LogP contribution in [-0.2, 0) is 10.5 Å². The van der Waals surface area contributed by atoms with Gasteiger partial charge in [-0.3, -0.25) is 14.9 Å². The molecule has 0 radical (unpaired) electrons. The number of amides is 1. The summed E-state index contributed by atoms with van der Waals surface area (Å²) in [6.07, 6.45) is 0.845. The van der Waals surface area contributed by atoms with Crippen molar-refractivity contribution < 1.29 is 14.5 Å². The van der Waals surface area contributed by atoms with Crippen LogP contribution in [0.3, 0.4) is 0 Å². The molecule has 1 aromatic rings. The fourth-order valence-electron chi connectivity index (χ4n) is 2.28. The van der Waals surface area contributed by atoms with E-state index in [9.17, 15) is 14.9 Å². The molecular formula is C16H25N3O4S. The fraction of sp³-hybridized carbons (Fsp3) is 0.562. The molecule has 0 bridgehead atoms. The Hall–Kier alpha value is -1.80. The van der Waals surface area contributed by atoms with Crippen LogP contribution in [0.1, 0.15) is 25.8 Å². The lowest BCUT2D eigenvalue weighted by molar-refractivity contribution is -0.385. The molecule has 0 saturated heterocycles. The predicted molar refractivity (Wildman–Crippen MR) is 96.3 cm³/mol. The van der Waals surface area contributed by atoms with Gasteiger partial charge in [-0.25, -0.2) is 0 Å². The Balaban J connectivity index is 2.51. The summed E-state index contributed by atoms with van der Waals surface area (Å²) in [5, 5.41) is 13.9. The molecule has 1 amide bonds. The predicted octanol–water partition coefficient (Wildman–Crippen LogP) is 2.33. The van der Waals surface area contributed by atoms with E-state index in [-0.39, 0.29) is 29.1 Å². The van der Waals surface area contributed by atoms with E-state index in [0.717, 1.165) is 12.0 Å². The summed E-state index contributed by atoms with van der Waals surface area (Å²) in [6.45, 7) is 4.58. The topological polar surface area (TPSA) is 107 Å². The van der Waals surface area contributed by atoms with Crippen molar-refractivity contribution in [2.75, 3.05) is 19.4 Å². The first-order valence-electron chi connectivity index (χ1n) is 7.75. The molecule has 0 heterocycles. The monoisotopic (exact) mass is 355 g/mol. The van der Waals surface area contributed by atoms with Gasteiger partial charge in [0.25, 0.3) is 0 Å². The van der Waals surface area contributed by atoms with Gasteiger partial charge in [0, 0.05) is 24.4 Å². The second-order valence-corrected chi connectivity index (χ2v) is 6.87. The summed E-state index contributed by atoms with van der Waals surface area (Å²) in [5.41, 5.74) is 6.37. The Kier molecular flexibility index (Phi) is 8.56. The average molecular weight is 355 g/mol. The van der Waals surface area contributed by atoms with Crippen molar-refractivity contribution in [3.05, 3.63) is 33.9 Å². The van der Waals surface area contributed by atoms with Crippen LogP contribution in [0.2, 0.25) is 0 Å². The molecule has 0 aliphatic carbocycles. The Morgan fingerprint density at radius 3 is 2.71 bits per heavy atom. The van der Waals surface area contributed by atoms with Gasteiger partial charge in [0.2, 0.25) is 5.91 Å². The minimum Gasteiger partial charge on any atom is -0.490 e. The number of hydrogen-bond acceptors (Lipinski definition) is 6. The highest BCUT2D eigenvalue weighted by Gasteiger charge is 2.16. The van der Waals surface area contributed by atoms with Gasteiger partial charge in [0.15, 0.2) is 5.75 Å². The molecule has 1 rings (SSSR count). The molecule has 0 fully saturated rings. The molecule has 0 saturated carbocycles. The molecule has 1 aromatic carbocycles. The first-order valence-corrected chi connectivity index (χ1v) is 8.91. The number of hydrogen-bond donors (Lipinski definition) is 2. The maximum atomic E-state index is 11.9. The van der Waals surface area contributed by atoms with Gasteiger partial charge < -0.3 is 15.8 Å². The number of nitrogens with zero attached hydrogens (tertiary/aromatic N) is 1. The number of benzene rings is 1. The zero-order valence-corrected chi connectivity index (χ0v) is 15.1. The molecule has 1 unspecified atom stereocenters. The Morgan fingerprint density at radius 2 is 2.17 bits per heavy atom. The molecule has 3 N–H and O–H groups in total. The maximum absolute atomic E-state index is 11.9. The van der Waals surface area contributed by atoms with Crippen LogP contribution in [0.25, 0.3) is 0 Å². The SMILES string of the molecule is COc1ccc(CSCC(=O)NC(CN)CC(C)C)cc1[N+](=O)[O-]. The summed E-state index contributed by atoms with van der Waals surface area (Å²) < 4.78 is 4.97. The number of nitro benzene ring substituents is 1. The van der Waals surface area contributed by atoms with Gasteiger partial charge in [-0.05, 0) is 24.0 Å². The van der Waals surface area contributed by atoms with Crippen LogP contribution in [-0.4, -0.2) is 36.3 Å². The lowest BCUT2D eigenvalue weighted by Gasteiger charge is -2.18. The van der Waals surface area contributed by atoms with E-state index in [1.54, 1.807) is 12.1 Å². The van der Waals surface area contributed by atoms with E-state index in [2.05, 4.69) is 19.2 Å². The zero-order valence-electron chi connectivity index (χ0n) is 14.3. The van der Waals surface area contributed by atoms with Crippen molar-refractivity contribution in [3.63, 3.8) is 0 Å². The fourth-order valence-corrected chi connectivity index (χ4v) is 3.07.